The van der Waals surface area contributed by atoms with E-state index in [0.717, 1.165) is 5.56 Å². The van der Waals surface area contributed by atoms with Crippen molar-refractivity contribution in [2.24, 2.45) is 5.92 Å². The first-order valence-electron chi connectivity index (χ1n) is 11.7. The Kier molecular flexibility index (Phi) is 10.1. The third-order valence-corrected chi connectivity index (χ3v) is 7.22. The van der Waals surface area contributed by atoms with Gasteiger partial charge in [0.2, 0.25) is 0 Å². The van der Waals surface area contributed by atoms with Crippen LogP contribution >= 0.6 is 7.82 Å². The van der Waals surface area contributed by atoms with Gasteiger partial charge in [-0.2, -0.15) is 5.26 Å². The first-order valence-corrected chi connectivity index (χ1v) is 13.2. The first-order chi connectivity index (χ1) is 16.0. The van der Waals surface area contributed by atoms with E-state index in [1.165, 1.54) is 0 Å². The lowest BCUT2D eigenvalue weighted by Crippen LogP contribution is -2.53. The van der Waals surface area contributed by atoms with E-state index in [4.69, 9.17) is 18.3 Å². The predicted molar refractivity (Wildman–Crippen MR) is 127 cm³/mol. The molecule has 0 saturated heterocycles. The average molecular weight is 497 g/mol. The Hall–Kier alpha value is -1.95. The summed E-state index contributed by atoms with van der Waals surface area (Å²) in [5.41, 5.74) is -1.43. The van der Waals surface area contributed by atoms with E-state index in [0.29, 0.717) is 19.3 Å². The molecule has 1 saturated carbocycles. The Bertz CT molecular complexity index is 874. The Morgan fingerprint density at radius 1 is 1.26 bits per heavy atom. The molecule has 2 N–H and O–H groups in total. The van der Waals surface area contributed by atoms with Crippen LogP contribution in [0.4, 0.5) is 4.79 Å². The van der Waals surface area contributed by atoms with Crippen LogP contribution in [-0.2, 0) is 29.3 Å². The van der Waals surface area contributed by atoms with E-state index in [1.807, 2.05) is 30.3 Å². The van der Waals surface area contributed by atoms with E-state index in [9.17, 15) is 19.7 Å². The van der Waals surface area contributed by atoms with Crippen LogP contribution in [0.15, 0.2) is 30.3 Å². The molecule has 1 aromatic rings. The SMILES string of the molecule is CCOP(=O)(OCC)O[C@@]1(C#N)CCC[C@@H]1[C@H](O)[C@H](Cc1ccccc1)NC(=O)OC(C)(C)C. The topological polar surface area (TPSA) is 127 Å². The number of nitrogens with zero attached hydrogens (tertiary/aromatic N) is 1. The number of hydrogen-bond acceptors (Lipinski definition) is 8. The van der Waals surface area contributed by atoms with Crippen LogP contribution in [-0.4, -0.2) is 47.8 Å². The highest BCUT2D eigenvalue weighted by Crippen LogP contribution is 2.57. The number of carbonyl (C=O) groups excluding carboxylic acids is 1. The van der Waals surface area contributed by atoms with Crippen LogP contribution in [0.2, 0.25) is 0 Å². The number of aliphatic hydroxyl groups excluding tert-OH is 1. The number of benzene rings is 1. The minimum Gasteiger partial charge on any atom is -0.444 e. The number of aliphatic hydroxyl groups is 1. The fourth-order valence-electron chi connectivity index (χ4n) is 4.19. The van der Waals surface area contributed by atoms with Crippen molar-refractivity contribution < 1.29 is 32.8 Å². The van der Waals surface area contributed by atoms with Crippen molar-refractivity contribution in [3.63, 3.8) is 0 Å². The maximum Gasteiger partial charge on any atom is 0.476 e. The van der Waals surface area contributed by atoms with Crippen molar-refractivity contribution in [3.8, 4) is 6.07 Å². The quantitative estimate of drug-likeness (QED) is 0.421. The van der Waals surface area contributed by atoms with Crippen molar-refractivity contribution in [1.29, 1.82) is 5.26 Å². The molecule has 34 heavy (non-hydrogen) atoms. The summed E-state index contributed by atoms with van der Waals surface area (Å²) in [6.07, 6.45) is -0.310. The number of alkyl carbamates (subject to hydrolysis) is 1. The van der Waals surface area contributed by atoms with Gasteiger partial charge in [-0.1, -0.05) is 30.3 Å². The van der Waals surface area contributed by atoms with E-state index < -0.39 is 43.2 Å². The molecule has 0 bridgehead atoms. The highest BCUT2D eigenvalue weighted by Gasteiger charge is 2.54. The molecule has 4 atom stereocenters. The average Bonchev–Trinajstić information content (AvgIpc) is 3.16. The molecule has 10 heteroatoms. The van der Waals surface area contributed by atoms with E-state index in [1.54, 1.807) is 34.6 Å². The van der Waals surface area contributed by atoms with E-state index in [-0.39, 0.29) is 19.6 Å². The van der Waals surface area contributed by atoms with Gasteiger partial charge in [-0.3, -0.25) is 13.6 Å². The molecule has 9 nitrogen and oxygen atoms in total. The molecule has 1 aromatic carbocycles. The van der Waals surface area contributed by atoms with Crippen LogP contribution in [0.3, 0.4) is 0 Å². The van der Waals surface area contributed by atoms with Crippen LogP contribution in [0, 0.1) is 17.2 Å². The summed E-state index contributed by atoms with van der Waals surface area (Å²) in [6.45, 7) is 8.69. The van der Waals surface area contributed by atoms with Crippen molar-refractivity contribution in [1.82, 2.24) is 5.32 Å². The third-order valence-electron chi connectivity index (χ3n) is 5.53. The normalized spacial score (nSPS) is 22.6. The van der Waals surface area contributed by atoms with Crippen LogP contribution < -0.4 is 5.32 Å². The smallest absolute Gasteiger partial charge is 0.444 e. The molecule has 1 amide bonds. The van der Waals surface area contributed by atoms with Gasteiger partial charge in [0, 0.05) is 5.92 Å². The summed E-state index contributed by atoms with van der Waals surface area (Å²) in [5, 5.41) is 24.3. The molecule has 0 aliphatic heterocycles. The van der Waals surface area contributed by atoms with Crippen LogP contribution in [0.1, 0.15) is 59.4 Å². The molecule has 1 aliphatic carbocycles. The zero-order chi connectivity index (χ0) is 25.4. The first kappa shape index (κ1) is 28.3. The van der Waals surface area contributed by atoms with Crippen molar-refractivity contribution in [2.45, 2.75) is 83.6 Å². The minimum atomic E-state index is -4.03. The lowest BCUT2D eigenvalue weighted by Gasteiger charge is -2.37. The summed E-state index contributed by atoms with van der Waals surface area (Å²) in [7, 11) is -4.03. The monoisotopic (exact) mass is 496 g/mol. The van der Waals surface area contributed by atoms with Gasteiger partial charge in [-0.25, -0.2) is 9.36 Å². The maximum absolute atomic E-state index is 13.1. The number of ether oxygens (including phenoxy) is 1. The fraction of sp³-hybridized carbons (Fsp3) is 0.667. The Balaban J connectivity index is 2.34. The van der Waals surface area contributed by atoms with Gasteiger partial charge < -0.3 is 15.2 Å². The Morgan fingerprint density at radius 3 is 2.41 bits per heavy atom. The lowest BCUT2D eigenvalue weighted by molar-refractivity contribution is -0.0368. The summed E-state index contributed by atoms with van der Waals surface area (Å²) in [4.78, 5) is 12.6. The number of nitriles is 1. The summed E-state index contributed by atoms with van der Waals surface area (Å²) in [5.74, 6) is -0.740. The number of hydrogen-bond donors (Lipinski definition) is 2. The Labute approximate surface area is 202 Å². The molecule has 1 fully saturated rings. The Morgan fingerprint density at radius 2 is 1.88 bits per heavy atom. The van der Waals surface area contributed by atoms with Gasteiger partial charge in [0.05, 0.1) is 31.4 Å². The molecule has 0 radical (unpaired) electrons. The van der Waals surface area contributed by atoms with Crippen molar-refractivity contribution in [2.75, 3.05) is 13.2 Å². The second kappa shape index (κ2) is 12.1. The molecule has 0 spiro atoms. The second-order valence-corrected chi connectivity index (χ2v) is 10.9. The van der Waals surface area contributed by atoms with Gasteiger partial charge in [-0.05, 0) is 65.9 Å². The number of phosphoric ester groups is 1. The van der Waals surface area contributed by atoms with E-state index >= 15 is 0 Å². The standard InChI is InChI=1S/C24H37N2O7P/c1-6-30-34(29,31-7-2)33-24(17-25)15-11-14-19(24)21(27)20(16-18-12-9-8-10-13-18)26-22(28)32-23(3,4)5/h8-10,12-13,19-21,27H,6-7,11,14-16H2,1-5H3,(H,26,28)/t19-,20+,21+,24-/m1/s1. The van der Waals surface area contributed by atoms with E-state index in [2.05, 4.69) is 11.4 Å². The lowest BCUT2D eigenvalue weighted by atomic mass is 9.82. The molecule has 0 heterocycles. The number of rotatable bonds is 11. The van der Waals surface area contributed by atoms with Crippen molar-refractivity contribution >= 4 is 13.9 Å². The van der Waals surface area contributed by atoms with Gasteiger partial charge in [0.1, 0.15) is 5.60 Å². The molecule has 0 unspecified atom stereocenters. The third kappa shape index (κ3) is 7.79. The second-order valence-electron chi connectivity index (χ2n) is 9.31. The van der Waals surface area contributed by atoms with Crippen molar-refractivity contribution in [3.05, 3.63) is 35.9 Å². The number of carbonyl (C=O) groups is 1. The van der Waals surface area contributed by atoms with Gasteiger partial charge in [0.25, 0.3) is 0 Å². The maximum atomic E-state index is 13.1. The predicted octanol–water partition coefficient (Wildman–Crippen LogP) is 4.74. The number of nitrogens with one attached hydrogen (secondary N) is 1. The molecular weight excluding hydrogens is 459 g/mol. The zero-order valence-corrected chi connectivity index (χ0v) is 21.5. The largest absolute Gasteiger partial charge is 0.476 e. The van der Waals surface area contributed by atoms with Gasteiger partial charge >= 0.3 is 13.9 Å². The summed E-state index contributed by atoms with van der Waals surface area (Å²) >= 11 is 0. The summed E-state index contributed by atoms with van der Waals surface area (Å²) in [6, 6.07) is 10.7. The zero-order valence-electron chi connectivity index (χ0n) is 20.7. The highest BCUT2D eigenvalue weighted by atomic mass is 31.2. The van der Waals surface area contributed by atoms with Gasteiger partial charge in [-0.15, -0.1) is 0 Å². The summed E-state index contributed by atoms with van der Waals surface area (Å²) < 4.78 is 34.8. The number of amides is 1. The molecule has 0 aromatic heterocycles. The number of phosphoric acid groups is 1. The molecular formula is C24H37N2O7P. The molecule has 1 aliphatic rings. The van der Waals surface area contributed by atoms with Crippen LogP contribution in [0.5, 0.6) is 0 Å². The molecule has 190 valence electrons. The van der Waals surface area contributed by atoms with Crippen LogP contribution in [0.25, 0.3) is 0 Å². The highest BCUT2D eigenvalue weighted by molar-refractivity contribution is 7.48. The molecule has 2 rings (SSSR count). The van der Waals surface area contributed by atoms with Gasteiger partial charge in [0.15, 0.2) is 5.60 Å². The minimum absolute atomic E-state index is 0.0723. The fourth-order valence-corrected chi connectivity index (χ4v) is 5.67.